The van der Waals surface area contributed by atoms with Gasteiger partial charge < -0.3 is 20.1 Å². The van der Waals surface area contributed by atoms with Crippen LogP contribution in [0.5, 0.6) is 0 Å². The Morgan fingerprint density at radius 3 is 2.89 bits per heavy atom. The Bertz CT molecular complexity index is 454. The number of rotatable bonds is 4. The van der Waals surface area contributed by atoms with E-state index < -0.39 is 0 Å². The summed E-state index contributed by atoms with van der Waals surface area (Å²) in [5.74, 6) is -0.354. The fourth-order valence-electron chi connectivity index (χ4n) is 2.12. The van der Waals surface area contributed by atoms with Gasteiger partial charge in [0.15, 0.2) is 0 Å². The van der Waals surface area contributed by atoms with Crippen molar-refractivity contribution in [1.29, 1.82) is 0 Å². The van der Waals surface area contributed by atoms with E-state index in [2.05, 4.69) is 0 Å². The summed E-state index contributed by atoms with van der Waals surface area (Å²) < 4.78 is 10.6. The molecule has 1 aromatic rings. The van der Waals surface area contributed by atoms with E-state index in [9.17, 15) is 4.79 Å². The Morgan fingerprint density at radius 2 is 2.32 bits per heavy atom. The van der Waals surface area contributed by atoms with Crippen LogP contribution in [0.2, 0.25) is 0 Å². The van der Waals surface area contributed by atoms with Crippen LogP contribution in [0.4, 0.5) is 11.4 Å². The SMILES string of the molecule is CN(C)c1ccc(C(=O)OCC2CCCO2)cc1N. The highest BCUT2D eigenvalue weighted by Crippen LogP contribution is 2.23. The van der Waals surface area contributed by atoms with E-state index >= 15 is 0 Å². The zero-order valence-electron chi connectivity index (χ0n) is 11.4. The van der Waals surface area contributed by atoms with E-state index in [1.165, 1.54) is 0 Å². The maximum atomic E-state index is 11.9. The molecule has 1 fully saturated rings. The minimum absolute atomic E-state index is 0.0438. The molecule has 1 atom stereocenters. The summed E-state index contributed by atoms with van der Waals surface area (Å²) in [5, 5.41) is 0. The molecule has 0 aromatic heterocycles. The summed E-state index contributed by atoms with van der Waals surface area (Å²) in [6.07, 6.45) is 2.03. The molecule has 1 aliphatic heterocycles. The fourth-order valence-corrected chi connectivity index (χ4v) is 2.12. The Morgan fingerprint density at radius 1 is 1.53 bits per heavy atom. The number of carbonyl (C=O) groups excluding carboxylic acids is 1. The number of nitrogens with two attached hydrogens (primary N) is 1. The molecule has 0 spiro atoms. The maximum Gasteiger partial charge on any atom is 0.338 e. The maximum absolute atomic E-state index is 11.9. The molecule has 5 nitrogen and oxygen atoms in total. The van der Waals surface area contributed by atoms with Crippen LogP contribution in [-0.2, 0) is 9.47 Å². The predicted molar refractivity (Wildman–Crippen MR) is 74.4 cm³/mol. The molecule has 0 saturated carbocycles. The molecule has 1 saturated heterocycles. The van der Waals surface area contributed by atoms with Crippen LogP contribution in [0.1, 0.15) is 23.2 Å². The molecule has 2 rings (SSSR count). The first-order valence-corrected chi connectivity index (χ1v) is 6.43. The van der Waals surface area contributed by atoms with Crippen molar-refractivity contribution >= 4 is 17.3 Å². The van der Waals surface area contributed by atoms with Crippen LogP contribution in [0.3, 0.4) is 0 Å². The molecule has 0 radical (unpaired) electrons. The van der Waals surface area contributed by atoms with Crippen molar-refractivity contribution < 1.29 is 14.3 Å². The van der Waals surface area contributed by atoms with E-state index in [0.29, 0.717) is 17.9 Å². The van der Waals surface area contributed by atoms with Gasteiger partial charge in [-0.15, -0.1) is 0 Å². The Kier molecular flexibility index (Phi) is 4.27. The summed E-state index contributed by atoms with van der Waals surface area (Å²) in [6.45, 7) is 1.07. The zero-order valence-corrected chi connectivity index (χ0v) is 11.4. The Hall–Kier alpha value is -1.75. The van der Waals surface area contributed by atoms with E-state index in [1.807, 2.05) is 25.1 Å². The van der Waals surface area contributed by atoms with Gasteiger partial charge in [-0.2, -0.15) is 0 Å². The van der Waals surface area contributed by atoms with Crippen molar-refractivity contribution in [3.63, 3.8) is 0 Å². The van der Waals surface area contributed by atoms with Crippen LogP contribution in [0, 0.1) is 0 Å². The molecule has 104 valence electrons. The molecular weight excluding hydrogens is 244 g/mol. The van der Waals surface area contributed by atoms with Crippen LogP contribution in [0.15, 0.2) is 18.2 Å². The van der Waals surface area contributed by atoms with Crippen LogP contribution in [-0.4, -0.2) is 39.4 Å². The number of esters is 1. The van der Waals surface area contributed by atoms with Gasteiger partial charge in [0.1, 0.15) is 6.61 Å². The normalized spacial score (nSPS) is 18.3. The number of ether oxygens (including phenoxy) is 2. The molecule has 1 aromatic carbocycles. The topological polar surface area (TPSA) is 64.8 Å². The standard InChI is InChI=1S/C14H20N2O3/c1-16(2)13-6-5-10(8-12(13)15)14(17)19-9-11-4-3-7-18-11/h5-6,8,11H,3-4,7,9,15H2,1-2H3. The highest BCUT2D eigenvalue weighted by Gasteiger charge is 2.18. The molecule has 1 aliphatic rings. The number of benzene rings is 1. The minimum Gasteiger partial charge on any atom is -0.459 e. The molecule has 0 aliphatic carbocycles. The summed E-state index contributed by atoms with van der Waals surface area (Å²) >= 11 is 0. The third kappa shape index (κ3) is 3.38. The molecule has 1 heterocycles. The summed E-state index contributed by atoms with van der Waals surface area (Å²) in [7, 11) is 3.81. The molecule has 5 heteroatoms. The lowest BCUT2D eigenvalue weighted by Crippen LogP contribution is -2.18. The van der Waals surface area contributed by atoms with Crippen molar-refractivity contribution in [1.82, 2.24) is 0 Å². The first-order valence-electron chi connectivity index (χ1n) is 6.43. The molecule has 1 unspecified atom stereocenters. The van der Waals surface area contributed by atoms with Gasteiger partial charge in [-0.1, -0.05) is 0 Å². The van der Waals surface area contributed by atoms with Crippen molar-refractivity contribution in [2.45, 2.75) is 18.9 Å². The van der Waals surface area contributed by atoms with Gasteiger partial charge in [0.05, 0.1) is 23.0 Å². The number of hydrogen-bond acceptors (Lipinski definition) is 5. The second kappa shape index (κ2) is 5.93. The number of nitrogens with zero attached hydrogens (tertiary/aromatic N) is 1. The van der Waals surface area contributed by atoms with Gasteiger partial charge in [-0.05, 0) is 31.0 Å². The summed E-state index contributed by atoms with van der Waals surface area (Å²) in [5.41, 5.74) is 7.83. The molecule has 0 bridgehead atoms. The van der Waals surface area contributed by atoms with Crippen molar-refractivity contribution in [2.75, 3.05) is 37.9 Å². The second-order valence-electron chi connectivity index (χ2n) is 4.90. The van der Waals surface area contributed by atoms with Crippen LogP contribution < -0.4 is 10.6 Å². The lowest BCUT2D eigenvalue weighted by molar-refractivity contribution is 0.0161. The van der Waals surface area contributed by atoms with E-state index in [0.717, 1.165) is 25.1 Å². The zero-order chi connectivity index (χ0) is 13.8. The predicted octanol–water partition coefficient (Wildman–Crippen LogP) is 1.67. The van der Waals surface area contributed by atoms with Gasteiger partial charge in [-0.25, -0.2) is 4.79 Å². The van der Waals surface area contributed by atoms with E-state index in [-0.39, 0.29) is 12.1 Å². The van der Waals surface area contributed by atoms with Crippen LogP contribution >= 0.6 is 0 Å². The lowest BCUT2D eigenvalue weighted by Gasteiger charge is -2.16. The quantitative estimate of drug-likeness (QED) is 0.662. The number of nitrogen functional groups attached to an aromatic ring is 1. The van der Waals surface area contributed by atoms with Gasteiger partial charge in [0, 0.05) is 20.7 Å². The summed E-state index contributed by atoms with van der Waals surface area (Å²) in [6, 6.07) is 5.19. The van der Waals surface area contributed by atoms with Crippen molar-refractivity contribution in [3.05, 3.63) is 23.8 Å². The average Bonchev–Trinajstić information content (AvgIpc) is 2.88. The monoisotopic (exact) mass is 264 g/mol. The first kappa shape index (κ1) is 13.7. The largest absolute Gasteiger partial charge is 0.459 e. The Labute approximate surface area is 113 Å². The molecule has 19 heavy (non-hydrogen) atoms. The smallest absolute Gasteiger partial charge is 0.338 e. The minimum atomic E-state index is -0.354. The second-order valence-corrected chi connectivity index (χ2v) is 4.90. The van der Waals surface area contributed by atoms with Crippen LogP contribution in [0.25, 0.3) is 0 Å². The van der Waals surface area contributed by atoms with Gasteiger partial charge in [0.25, 0.3) is 0 Å². The first-order chi connectivity index (χ1) is 9.08. The van der Waals surface area contributed by atoms with Gasteiger partial charge in [-0.3, -0.25) is 0 Å². The highest BCUT2D eigenvalue weighted by molar-refractivity contribution is 5.92. The lowest BCUT2D eigenvalue weighted by atomic mass is 10.1. The third-order valence-electron chi connectivity index (χ3n) is 3.17. The molecular formula is C14H20N2O3. The molecule has 0 amide bonds. The van der Waals surface area contributed by atoms with E-state index in [1.54, 1.807) is 12.1 Å². The number of anilines is 2. The highest BCUT2D eigenvalue weighted by atomic mass is 16.6. The summed E-state index contributed by atoms with van der Waals surface area (Å²) in [4.78, 5) is 13.8. The number of carbonyl (C=O) groups is 1. The Balaban J connectivity index is 1.96. The van der Waals surface area contributed by atoms with Gasteiger partial charge >= 0.3 is 5.97 Å². The fraction of sp³-hybridized carbons (Fsp3) is 0.500. The van der Waals surface area contributed by atoms with Gasteiger partial charge in [0.2, 0.25) is 0 Å². The number of hydrogen-bond donors (Lipinski definition) is 1. The van der Waals surface area contributed by atoms with Crippen molar-refractivity contribution in [2.24, 2.45) is 0 Å². The average molecular weight is 264 g/mol. The third-order valence-corrected chi connectivity index (χ3v) is 3.17. The van der Waals surface area contributed by atoms with Crippen molar-refractivity contribution in [3.8, 4) is 0 Å². The molecule has 2 N–H and O–H groups in total. The van der Waals surface area contributed by atoms with E-state index in [4.69, 9.17) is 15.2 Å².